The first-order chi connectivity index (χ1) is 14.4. The Balaban J connectivity index is 1.62. The van der Waals surface area contributed by atoms with E-state index in [9.17, 15) is 9.59 Å². The van der Waals surface area contributed by atoms with Crippen molar-refractivity contribution in [3.8, 4) is 0 Å². The lowest BCUT2D eigenvalue weighted by atomic mass is 10.1. The monoisotopic (exact) mass is 438 g/mol. The van der Waals surface area contributed by atoms with Crippen LogP contribution in [-0.4, -0.2) is 17.6 Å². The number of benzene rings is 3. The number of carbonyl (C=O) groups excluding carboxylic acids is 2. The van der Waals surface area contributed by atoms with Gasteiger partial charge in [0.2, 0.25) is 5.91 Å². The third kappa shape index (κ3) is 6.12. The molecule has 0 aliphatic rings. The molecule has 0 heterocycles. The molecule has 0 aliphatic heterocycles. The van der Waals surface area contributed by atoms with Gasteiger partial charge in [0, 0.05) is 15.6 Å². The zero-order valence-electron chi connectivity index (χ0n) is 16.8. The first-order valence-corrected chi connectivity index (χ1v) is 10.9. The number of hydrogen-bond donors (Lipinski definition) is 2. The minimum Gasteiger partial charge on any atom is -0.345 e. The summed E-state index contributed by atoms with van der Waals surface area (Å²) in [5.41, 5.74) is 3.36. The fraction of sp³-hybridized carbons (Fsp3) is 0.167. The molecule has 0 fully saturated rings. The second-order valence-corrected chi connectivity index (χ2v) is 8.40. The van der Waals surface area contributed by atoms with Crippen molar-refractivity contribution in [1.29, 1.82) is 0 Å². The molecule has 154 valence electrons. The maximum absolute atomic E-state index is 12.8. The van der Waals surface area contributed by atoms with Gasteiger partial charge in [0.15, 0.2) is 0 Å². The third-order valence-electron chi connectivity index (χ3n) is 4.52. The van der Waals surface area contributed by atoms with Crippen LogP contribution < -0.4 is 10.6 Å². The number of carbonyl (C=O) groups is 2. The molecule has 1 atom stereocenters. The van der Waals surface area contributed by atoms with E-state index in [1.165, 1.54) is 11.8 Å². The normalized spacial score (nSPS) is 11.6. The maximum Gasteiger partial charge on any atom is 0.252 e. The Bertz CT molecular complexity index is 1040. The van der Waals surface area contributed by atoms with E-state index in [0.29, 0.717) is 10.6 Å². The second-order valence-electron chi connectivity index (χ2n) is 6.95. The van der Waals surface area contributed by atoms with Gasteiger partial charge in [-0.15, -0.1) is 11.8 Å². The number of amides is 2. The molecule has 0 bridgehead atoms. The van der Waals surface area contributed by atoms with E-state index in [-0.39, 0.29) is 23.6 Å². The van der Waals surface area contributed by atoms with Gasteiger partial charge in [0.05, 0.1) is 17.4 Å². The minimum atomic E-state index is -0.195. The highest BCUT2D eigenvalue weighted by atomic mass is 35.5. The van der Waals surface area contributed by atoms with Gasteiger partial charge in [0.1, 0.15) is 0 Å². The van der Waals surface area contributed by atoms with Crippen LogP contribution in [0.3, 0.4) is 0 Å². The molecule has 0 saturated heterocycles. The number of hydrogen-bond acceptors (Lipinski definition) is 3. The quantitative estimate of drug-likeness (QED) is 0.453. The molecule has 3 aromatic carbocycles. The van der Waals surface area contributed by atoms with Gasteiger partial charge in [-0.25, -0.2) is 0 Å². The first kappa shape index (κ1) is 21.9. The average Bonchev–Trinajstić information content (AvgIpc) is 2.74. The molecule has 0 spiro atoms. The summed E-state index contributed by atoms with van der Waals surface area (Å²) in [4.78, 5) is 25.9. The zero-order valence-corrected chi connectivity index (χ0v) is 18.4. The van der Waals surface area contributed by atoms with E-state index in [1.807, 2.05) is 74.5 Å². The molecule has 0 radical (unpaired) electrons. The van der Waals surface area contributed by atoms with Crippen molar-refractivity contribution in [1.82, 2.24) is 5.32 Å². The van der Waals surface area contributed by atoms with Crippen LogP contribution in [0.25, 0.3) is 0 Å². The Morgan fingerprint density at radius 2 is 1.73 bits per heavy atom. The number of anilines is 1. The van der Waals surface area contributed by atoms with Crippen molar-refractivity contribution >= 4 is 40.9 Å². The summed E-state index contributed by atoms with van der Waals surface area (Å²) < 4.78 is 0. The highest BCUT2D eigenvalue weighted by Crippen LogP contribution is 2.24. The standard InChI is InChI=1S/C24H23ClN2O2S/c1-16-10-12-20(13-11-16)27-23(28)15-30-22-9-4-3-8-21(22)24(29)26-17(2)18-6-5-7-19(25)14-18/h3-14,17H,15H2,1-2H3,(H,26,29)(H,27,28). The molecule has 6 heteroatoms. The molecule has 30 heavy (non-hydrogen) atoms. The van der Waals surface area contributed by atoms with Gasteiger partial charge in [-0.3, -0.25) is 9.59 Å². The van der Waals surface area contributed by atoms with Gasteiger partial charge in [-0.05, 0) is 55.8 Å². The number of thioether (sulfide) groups is 1. The van der Waals surface area contributed by atoms with E-state index >= 15 is 0 Å². The number of rotatable bonds is 7. The van der Waals surface area contributed by atoms with Crippen LogP contribution in [-0.2, 0) is 4.79 Å². The molecule has 0 aromatic heterocycles. The van der Waals surface area contributed by atoms with Crippen LogP contribution in [0.15, 0.2) is 77.7 Å². The molecule has 2 N–H and O–H groups in total. The van der Waals surface area contributed by atoms with E-state index in [0.717, 1.165) is 21.7 Å². The Hall–Kier alpha value is -2.76. The van der Waals surface area contributed by atoms with Crippen LogP contribution in [0.1, 0.15) is 34.5 Å². The maximum atomic E-state index is 12.8. The smallest absolute Gasteiger partial charge is 0.252 e. The minimum absolute atomic E-state index is 0.119. The molecule has 0 saturated carbocycles. The van der Waals surface area contributed by atoms with Gasteiger partial charge in [-0.1, -0.05) is 53.6 Å². The lowest BCUT2D eigenvalue weighted by Crippen LogP contribution is -2.27. The summed E-state index contributed by atoms with van der Waals surface area (Å²) in [5.74, 6) is -0.0990. The second kappa shape index (κ2) is 10.3. The summed E-state index contributed by atoms with van der Waals surface area (Å²) in [7, 11) is 0. The highest BCUT2D eigenvalue weighted by molar-refractivity contribution is 8.00. The van der Waals surface area contributed by atoms with E-state index in [4.69, 9.17) is 11.6 Å². The van der Waals surface area contributed by atoms with Crippen molar-refractivity contribution in [2.75, 3.05) is 11.1 Å². The lowest BCUT2D eigenvalue weighted by molar-refractivity contribution is -0.113. The van der Waals surface area contributed by atoms with Gasteiger partial charge in [-0.2, -0.15) is 0 Å². The first-order valence-electron chi connectivity index (χ1n) is 9.57. The molecule has 1 unspecified atom stereocenters. The Morgan fingerprint density at radius 1 is 1.00 bits per heavy atom. The molecule has 3 rings (SSSR count). The SMILES string of the molecule is Cc1ccc(NC(=O)CSc2ccccc2C(=O)NC(C)c2cccc(Cl)c2)cc1. The van der Waals surface area contributed by atoms with Crippen molar-refractivity contribution in [3.05, 3.63) is 94.5 Å². The van der Waals surface area contributed by atoms with E-state index in [1.54, 1.807) is 12.1 Å². The fourth-order valence-electron chi connectivity index (χ4n) is 2.89. The third-order valence-corrected chi connectivity index (χ3v) is 5.83. The van der Waals surface area contributed by atoms with E-state index < -0.39 is 0 Å². The summed E-state index contributed by atoms with van der Waals surface area (Å²) in [5, 5.41) is 6.50. The molecular weight excluding hydrogens is 416 g/mol. The van der Waals surface area contributed by atoms with Crippen molar-refractivity contribution in [3.63, 3.8) is 0 Å². The van der Waals surface area contributed by atoms with Crippen molar-refractivity contribution in [2.24, 2.45) is 0 Å². The summed E-state index contributed by atoms with van der Waals surface area (Å²) in [6.07, 6.45) is 0. The number of aryl methyl sites for hydroxylation is 1. The summed E-state index contributed by atoms with van der Waals surface area (Å²) >= 11 is 7.39. The van der Waals surface area contributed by atoms with Gasteiger partial charge < -0.3 is 10.6 Å². The Kier molecular flexibility index (Phi) is 7.55. The molecule has 3 aromatic rings. The van der Waals surface area contributed by atoms with Crippen molar-refractivity contribution in [2.45, 2.75) is 24.8 Å². The molecule has 0 aliphatic carbocycles. The summed E-state index contributed by atoms with van der Waals surface area (Å²) in [6.45, 7) is 3.91. The largest absolute Gasteiger partial charge is 0.345 e. The van der Waals surface area contributed by atoms with Crippen LogP contribution in [0.4, 0.5) is 5.69 Å². The van der Waals surface area contributed by atoms with E-state index in [2.05, 4.69) is 10.6 Å². The van der Waals surface area contributed by atoms with Gasteiger partial charge in [0.25, 0.3) is 5.91 Å². The zero-order chi connectivity index (χ0) is 21.5. The average molecular weight is 439 g/mol. The number of nitrogens with one attached hydrogen (secondary N) is 2. The van der Waals surface area contributed by atoms with Crippen LogP contribution in [0, 0.1) is 6.92 Å². The van der Waals surface area contributed by atoms with Gasteiger partial charge >= 0.3 is 0 Å². The number of halogens is 1. The summed E-state index contributed by atoms with van der Waals surface area (Å²) in [6, 6.07) is 22.1. The molecular formula is C24H23ClN2O2S. The predicted octanol–water partition coefficient (Wildman–Crippen LogP) is 5.87. The van der Waals surface area contributed by atoms with Crippen LogP contribution >= 0.6 is 23.4 Å². The Morgan fingerprint density at radius 3 is 2.47 bits per heavy atom. The molecule has 2 amide bonds. The molecule has 4 nitrogen and oxygen atoms in total. The van der Waals surface area contributed by atoms with Crippen molar-refractivity contribution < 1.29 is 9.59 Å². The Labute approximate surface area is 186 Å². The lowest BCUT2D eigenvalue weighted by Gasteiger charge is -2.16. The van der Waals surface area contributed by atoms with Crippen LogP contribution in [0.5, 0.6) is 0 Å². The predicted molar refractivity (Wildman–Crippen MR) is 124 cm³/mol. The fourth-order valence-corrected chi connectivity index (χ4v) is 3.94. The topological polar surface area (TPSA) is 58.2 Å². The highest BCUT2D eigenvalue weighted by Gasteiger charge is 2.16. The van der Waals surface area contributed by atoms with Crippen LogP contribution in [0.2, 0.25) is 5.02 Å².